The predicted octanol–water partition coefficient (Wildman–Crippen LogP) is 3.53. The summed E-state index contributed by atoms with van der Waals surface area (Å²) in [5.74, 6) is -11.5. The molecule has 0 aliphatic carbocycles. The molecule has 0 atom stereocenters. The van der Waals surface area contributed by atoms with Crippen molar-refractivity contribution in [1.29, 1.82) is 0 Å². The molecule has 3 nitrogen and oxygen atoms in total. The highest BCUT2D eigenvalue weighted by Crippen LogP contribution is 2.24. The van der Waals surface area contributed by atoms with Gasteiger partial charge in [-0.15, -0.1) is 0 Å². The van der Waals surface area contributed by atoms with Crippen molar-refractivity contribution in [3.05, 3.63) is 0 Å². The molecule has 0 aliphatic heterocycles. The Kier molecular flexibility index (Phi) is 7.30. The van der Waals surface area contributed by atoms with Gasteiger partial charge in [-0.2, -0.15) is 8.78 Å². The Balaban J connectivity index is 4.51. The number of alkyl halides is 8. The van der Waals surface area contributed by atoms with Crippen LogP contribution in [0, 0.1) is 0 Å². The molecule has 11 heteroatoms. The minimum absolute atomic E-state index is 0.395. The molecule has 0 aromatic carbocycles. The van der Waals surface area contributed by atoms with Crippen molar-refractivity contribution >= 4 is 0 Å². The van der Waals surface area contributed by atoms with Crippen molar-refractivity contribution in [2.45, 2.75) is 44.5 Å². The third-order valence-corrected chi connectivity index (χ3v) is 1.68. The second kappa shape index (κ2) is 7.54. The molecular weight excluding hydrogens is 320 g/mol. The maximum Gasteiger partial charge on any atom is 0.330 e. The summed E-state index contributed by atoms with van der Waals surface area (Å²) in [4.78, 5) is 0. The summed E-state index contributed by atoms with van der Waals surface area (Å²) in [5, 5.41) is 0. The van der Waals surface area contributed by atoms with Crippen LogP contribution < -0.4 is 0 Å². The first-order valence-corrected chi connectivity index (χ1v) is 5.49. The molecule has 0 unspecified atom stereocenters. The van der Waals surface area contributed by atoms with Crippen LogP contribution in [0.1, 0.15) is 13.8 Å². The molecule has 0 fully saturated rings. The topological polar surface area (TPSA) is 27.7 Å². The van der Waals surface area contributed by atoms with Crippen molar-refractivity contribution in [1.82, 2.24) is 0 Å². The van der Waals surface area contributed by atoms with E-state index in [0.717, 1.165) is 0 Å². The largest absolute Gasteiger partial charge is 0.330 e. The Labute approximate surface area is 115 Å². The molecule has 0 rings (SSSR count). The fourth-order valence-corrected chi connectivity index (χ4v) is 0.815. The lowest BCUT2D eigenvalue weighted by Crippen LogP contribution is -2.38. The molecule has 0 aromatic heterocycles. The average Bonchev–Trinajstić information content (AvgIpc) is 2.24. The van der Waals surface area contributed by atoms with Crippen LogP contribution in [0.5, 0.6) is 0 Å². The second-order valence-electron chi connectivity index (χ2n) is 4.42. The molecule has 0 saturated heterocycles. The number of rotatable bonds is 10. The SMILES string of the molecule is CC(F)(F)COC(OCC(C)(F)F)OCC(F)(F)C(F)F. The van der Waals surface area contributed by atoms with Gasteiger partial charge >= 0.3 is 12.3 Å². The lowest BCUT2D eigenvalue weighted by molar-refractivity contribution is -0.333. The van der Waals surface area contributed by atoms with Crippen molar-refractivity contribution in [3.8, 4) is 0 Å². The lowest BCUT2D eigenvalue weighted by Gasteiger charge is -2.24. The monoisotopic (exact) mass is 334 g/mol. The molecule has 0 radical (unpaired) electrons. The van der Waals surface area contributed by atoms with Crippen LogP contribution >= 0.6 is 0 Å². The maximum atomic E-state index is 12.6. The minimum Gasteiger partial charge on any atom is -0.324 e. The molecule has 21 heavy (non-hydrogen) atoms. The van der Waals surface area contributed by atoms with E-state index in [1.54, 1.807) is 0 Å². The van der Waals surface area contributed by atoms with Crippen LogP contribution in [0.15, 0.2) is 0 Å². The van der Waals surface area contributed by atoms with Gasteiger partial charge < -0.3 is 14.2 Å². The summed E-state index contributed by atoms with van der Waals surface area (Å²) >= 11 is 0. The quantitative estimate of drug-likeness (QED) is 0.452. The Morgan fingerprint density at radius 3 is 1.33 bits per heavy atom. The van der Waals surface area contributed by atoms with E-state index in [-0.39, 0.29) is 0 Å². The summed E-state index contributed by atoms with van der Waals surface area (Å²) in [5.41, 5.74) is 0. The van der Waals surface area contributed by atoms with Gasteiger partial charge in [0.15, 0.2) is 0 Å². The van der Waals surface area contributed by atoms with Crippen molar-refractivity contribution < 1.29 is 49.3 Å². The molecule has 0 spiro atoms. The molecule has 0 heterocycles. The maximum absolute atomic E-state index is 12.6. The highest BCUT2D eigenvalue weighted by Gasteiger charge is 2.42. The first-order chi connectivity index (χ1) is 9.23. The zero-order valence-corrected chi connectivity index (χ0v) is 11.0. The summed E-state index contributed by atoms with van der Waals surface area (Å²) in [7, 11) is 0. The zero-order chi connectivity index (χ0) is 16.9. The highest BCUT2D eigenvalue weighted by molar-refractivity contribution is 4.68. The van der Waals surface area contributed by atoms with Crippen molar-refractivity contribution in [2.75, 3.05) is 19.8 Å². The van der Waals surface area contributed by atoms with E-state index in [2.05, 4.69) is 14.2 Å². The van der Waals surface area contributed by atoms with E-state index in [0.29, 0.717) is 13.8 Å². The summed E-state index contributed by atoms with van der Waals surface area (Å²) in [6.45, 7) is -6.30. The van der Waals surface area contributed by atoms with Crippen LogP contribution in [-0.2, 0) is 14.2 Å². The van der Waals surface area contributed by atoms with Crippen LogP contribution in [0.4, 0.5) is 35.1 Å². The minimum atomic E-state index is -4.60. The molecule has 0 N–H and O–H groups in total. The van der Waals surface area contributed by atoms with Gasteiger partial charge in [-0.3, -0.25) is 0 Å². The Bertz CT molecular complexity index is 282. The fraction of sp³-hybridized carbons (Fsp3) is 1.00. The number of halogens is 8. The summed E-state index contributed by atoms with van der Waals surface area (Å²) < 4.78 is 111. The van der Waals surface area contributed by atoms with Gasteiger partial charge in [-0.05, 0) is 0 Å². The standard InChI is InChI=1S/C10H14F8O3/c1-8(13,14)3-19-7(20-4-9(2,15)16)21-5-10(17,18)6(11)12/h6-7H,3-5H2,1-2H3. The summed E-state index contributed by atoms with van der Waals surface area (Å²) in [6, 6.07) is 0. The molecule has 0 bridgehead atoms. The fourth-order valence-electron chi connectivity index (χ4n) is 0.815. The Morgan fingerprint density at radius 1 is 0.714 bits per heavy atom. The van der Waals surface area contributed by atoms with Crippen LogP contribution in [-0.4, -0.2) is 50.5 Å². The first kappa shape index (κ1) is 20.3. The average molecular weight is 334 g/mol. The third-order valence-electron chi connectivity index (χ3n) is 1.68. The van der Waals surface area contributed by atoms with Crippen LogP contribution in [0.25, 0.3) is 0 Å². The third kappa shape index (κ3) is 10.7. The van der Waals surface area contributed by atoms with Gasteiger partial charge in [0.2, 0.25) is 0 Å². The van der Waals surface area contributed by atoms with Crippen molar-refractivity contribution in [3.63, 3.8) is 0 Å². The van der Waals surface area contributed by atoms with Gasteiger partial charge in [0.1, 0.15) is 19.8 Å². The Morgan fingerprint density at radius 2 is 1.05 bits per heavy atom. The van der Waals surface area contributed by atoms with E-state index >= 15 is 0 Å². The highest BCUT2D eigenvalue weighted by atomic mass is 19.3. The van der Waals surface area contributed by atoms with E-state index in [1.807, 2.05) is 0 Å². The number of hydrogen-bond donors (Lipinski definition) is 0. The van der Waals surface area contributed by atoms with Crippen molar-refractivity contribution in [2.24, 2.45) is 0 Å². The second-order valence-corrected chi connectivity index (χ2v) is 4.42. The van der Waals surface area contributed by atoms with Gasteiger partial charge in [0, 0.05) is 13.8 Å². The van der Waals surface area contributed by atoms with Gasteiger partial charge in [0.25, 0.3) is 18.3 Å². The van der Waals surface area contributed by atoms with E-state index in [1.165, 1.54) is 0 Å². The number of hydrogen-bond acceptors (Lipinski definition) is 3. The van der Waals surface area contributed by atoms with Gasteiger partial charge in [0.05, 0.1) is 0 Å². The number of ether oxygens (including phenoxy) is 3. The smallest absolute Gasteiger partial charge is 0.324 e. The summed E-state index contributed by atoms with van der Waals surface area (Å²) in [6.07, 6.45) is -4.08. The lowest BCUT2D eigenvalue weighted by atomic mass is 10.4. The van der Waals surface area contributed by atoms with E-state index < -0.39 is 50.5 Å². The first-order valence-electron chi connectivity index (χ1n) is 5.49. The van der Waals surface area contributed by atoms with Gasteiger partial charge in [-0.1, -0.05) is 0 Å². The molecule has 128 valence electrons. The van der Waals surface area contributed by atoms with Crippen LogP contribution in [0.3, 0.4) is 0 Å². The predicted molar refractivity (Wildman–Crippen MR) is 53.8 cm³/mol. The van der Waals surface area contributed by atoms with E-state index in [9.17, 15) is 35.1 Å². The van der Waals surface area contributed by atoms with E-state index in [4.69, 9.17) is 0 Å². The molecule has 0 aliphatic rings. The molecule has 0 amide bonds. The molecular formula is C10H14F8O3. The molecule has 0 saturated carbocycles. The van der Waals surface area contributed by atoms with Gasteiger partial charge in [-0.25, -0.2) is 26.3 Å². The molecule has 0 aromatic rings. The normalized spacial score (nSPS) is 14.3. The van der Waals surface area contributed by atoms with Crippen LogP contribution in [0.2, 0.25) is 0 Å². The zero-order valence-electron chi connectivity index (χ0n) is 11.0. The Hall–Kier alpha value is -0.680.